The minimum atomic E-state index is -1.64. The highest BCUT2D eigenvalue weighted by Crippen LogP contribution is 1.86. The predicted octanol–water partition coefficient (Wildman–Crippen LogP) is -0.431. The largest absolute Gasteiger partial charge is 0.509 e. The molecule has 0 heterocycles. The highest BCUT2D eigenvalue weighted by molar-refractivity contribution is 5.89. The molecule has 0 aliphatic carbocycles. The third-order valence-electron chi connectivity index (χ3n) is 1.14. The van der Waals surface area contributed by atoms with Crippen LogP contribution in [0.25, 0.3) is 0 Å². The molecule has 0 bridgehead atoms. The lowest BCUT2D eigenvalue weighted by atomic mass is 10.5. The van der Waals surface area contributed by atoms with Crippen LogP contribution in [0.4, 0.5) is 4.79 Å². The molecule has 0 aromatic rings. The number of carbonyl (C=O) groups excluding carboxylic acids is 2. The van der Waals surface area contributed by atoms with E-state index in [1.165, 1.54) is 0 Å². The summed E-state index contributed by atoms with van der Waals surface area (Å²) in [6, 6.07) is 0. The van der Waals surface area contributed by atoms with Crippen molar-refractivity contribution in [2.45, 2.75) is 6.35 Å². The predicted molar refractivity (Wildman–Crippen MR) is 49.6 cm³/mol. The fourth-order valence-corrected chi connectivity index (χ4v) is 0.572. The summed E-state index contributed by atoms with van der Waals surface area (Å²) >= 11 is 0. The van der Waals surface area contributed by atoms with Crippen LogP contribution in [0, 0.1) is 0 Å². The van der Waals surface area contributed by atoms with Crippen molar-refractivity contribution in [3.63, 3.8) is 0 Å². The Bertz CT molecular complexity index is 277. The van der Waals surface area contributed by atoms with E-state index in [9.17, 15) is 14.4 Å². The van der Waals surface area contributed by atoms with Crippen molar-refractivity contribution in [2.75, 3.05) is 0 Å². The second-order valence-electron chi connectivity index (χ2n) is 2.19. The minimum absolute atomic E-state index is 0.689. The average Bonchev–Trinajstić information content (AvgIpc) is 2.16. The SMILES string of the molecule is C=CC(=O)NC(NC(=O)C=C)OC(=O)O. The van der Waals surface area contributed by atoms with E-state index in [-0.39, 0.29) is 0 Å². The van der Waals surface area contributed by atoms with Crippen molar-refractivity contribution < 1.29 is 24.2 Å². The van der Waals surface area contributed by atoms with Crippen molar-refractivity contribution in [1.82, 2.24) is 10.6 Å². The van der Waals surface area contributed by atoms with E-state index in [2.05, 4.69) is 17.9 Å². The fourth-order valence-electron chi connectivity index (χ4n) is 0.572. The maximum Gasteiger partial charge on any atom is 0.509 e. The lowest BCUT2D eigenvalue weighted by molar-refractivity contribution is -0.124. The van der Waals surface area contributed by atoms with Crippen molar-refractivity contribution in [2.24, 2.45) is 0 Å². The highest BCUT2D eigenvalue weighted by atomic mass is 16.7. The number of carboxylic acid groups (broad SMARTS) is 1. The molecule has 7 heteroatoms. The van der Waals surface area contributed by atoms with Crippen LogP contribution in [0.15, 0.2) is 25.3 Å². The zero-order chi connectivity index (χ0) is 11.8. The summed E-state index contributed by atoms with van der Waals surface area (Å²) in [5, 5.41) is 12.3. The van der Waals surface area contributed by atoms with Gasteiger partial charge in [0.05, 0.1) is 0 Å². The van der Waals surface area contributed by atoms with Gasteiger partial charge in [0.2, 0.25) is 11.8 Å². The molecule has 0 unspecified atom stereocenters. The van der Waals surface area contributed by atoms with Crippen LogP contribution in [0.2, 0.25) is 0 Å². The summed E-state index contributed by atoms with van der Waals surface area (Å²) in [6.07, 6.45) is -1.32. The Morgan fingerprint density at radius 1 is 1.13 bits per heavy atom. The first-order valence-corrected chi connectivity index (χ1v) is 3.75. The number of ether oxygens (including phenoxy) is 1. The van der Waals surface area contributed by atoms with Gasteiger partial charge < -0.3 is 9.84 Å². The number of carbonyl (C=O) groups is 3. The second-order valence-corrected chi connectivity index (χ2v) is 2.19. The van der Waals surface area contributed by atoms with E-state index in [4.69, 9.17) is 5.11 Å². The third-order valence-corrected chi connectivity index (χ3v) is 1.14. The number of nitrogens with one attached hydrogen (secondary N) is 2. The van der Waals surface area contributed by atoms with Crippen LogP contribution in [0.1, 0.15) is 0 Å². The van der Waals surface area contributed by atoms with Gasteiger partial charge in [-0.15, -0.1) is 0 Å². The molecule has 0 aromatic heterocycles. The zero-order valence-electron chi connectivity index (χ0n) is 7.73. The van der Waals surface area contributed by atoms with E-state index in [1.54, 1.807) is 0 Å². The summed E-state index contributed by atoms with van der Waals surface area (Å²) in [5.74, 6) is -1.38. The Kier molecular flexibility index (Phi) is 5.24. The molecule has 0 spiro atoms. The van der Waals surface area contributed by atoms with Gasteiger partial charge in [0, 0.05) is 0 Å². The van der Waals surface area contributed by atoms with Crippen molar-refractivity contribution in [3.05, 3.63) is 25.3 Å². The topological polar surface area (TPSA) is 105 Å². The molecule has 0 rings (SSSR count). The molecular weight excluding hydrogens is 204 g/mol. The van der Waals surface area contributed by atoms with Crippen LogP contribution in [0.3, 0.4) is 0 Å². The monoisotopic (exact) mass is 214 g/mol. The molecule has 0 radical (unpaired) electrons. The highest BCUT2D eigenvalue weighted by Gasteiger charge is 2.15. The van der Waals surface area contributed by atoms with Crippen LogP contribution in [-0.4, -0.2) is 29.4 Å². The van der Waals surface area contributed by atoms with E-state index in [1.807, 2.05) is 10.6 Å². The Hall–Kier alpha value is -2.31. The van der Waals surface area contributed by atoms with Crippen LogP contribution < -0.4 is 10.6 Å². The molecule has 7 nitrogen and oxygen atoms in total. The molecule has 15 heavy (non-hydrogen) atoms. The smallest absolute Gasteiger partial charge is 0.450 e. The molecule has 0 aliphatic heterocycles. The Morgan fingerprint density at radius 2 is 1.53 bits per heavy atom. The number of rotatable bonds is 5. The van der Waals surface area contributed by atoms with Gasteiger partial charge in [0.25, 0.3) is 6.35 Å². The van der Waals surface area contributed by atoms with Crippen LogP contribution >= 0.6 is 0 Å². The molecule has 0 saturated heterocycles. The van der Waals surface area contributed by atoms with Crippen molar-refractivity contribution in [1.29, 1.82) is 0 Å². The first-order chi connectivity index (χ1) is 6.99. The molecule has 0 atom stereocenters. The number of amides is 2. The quantitative estimate of drug-likeness (QED) is 0.327. The lowest BCUT2D eigenvalue weighted by Crippen LogP contribution is -2.49. The summed E-state index contributed by atoms with van der Waals surface area (Å²) in [7, 11) is 0. The summed E-state index contributed by atoms with van der Waals surface area (Å²) < 4.78 is 4.15. The van der Waals surface area contributed by atoms with Gasteiger partial charge in [-0.05, 0) is 12.2 Å². The Balaban J connectivity index is 4.35. The van der Waals surface area contributed by atoms with E-state index >= 15 is 0 Å². The maximum atomic E-state index is 10.8. The summed E-state index contributed by atoms with van der Waals surface area (Å²) in [6.45, 7) is 6.29. The van der Waals surface area contributed by atoms with Gasteiger partial charge in [0.1, 0.15) is 0 Å². The van der Waals surface area contributed by atoms with Gasteiger partial charge in [-0.25, -0.2) is 4.79 Å². The first-order valence-electron chi connectivity index (χ1n) is 3.75. The van der Waals surface area contributed by atoms with E-state index in [0.717, 1.165) is 12.2 Å². The first kappa shape index (κ1) is 12.7. The van der Waals surface area contributed by atoms with Gasteiger partial charge in [-0.3, -0.25) is 20.2 Å². The minimum Gasteiger partial charge on any atom is -0.450 e. The van der Waals surface area contributed by atoms with Crippen LogP contribution in [0.5, 0.6) is 0 Å². The van der Waals surface area contributed by atoms with Crippen molar-refractivity contribution in [3.8, 4) is 0 Å². The second kappa shape index (κ2) is 6.19. The summed E-state index contributed by atoms with van der Waals surface area (Å²) in [4.78, 5) is 31.8. The molecule has 0 aromatic carbocycles. The van der Waals surface area contributed by atoms with Gasteiger partial charge in [-0.2, -0.15) is 0 Å². The molecule has 82 valence electrons. The third kappa shape index (κ3) is 5.86. The van der Waals surface area contributed by atoms with Gasteiger partial charge in [0.15, 0.2) is 0 Å². The lowest BCUT2D eigenvalue weighted by Gasteiger charge is -2.16. The molecular formula is C8H10N2O5. The van der Waals surface area contributed by atoms with Crippen LogP contribution in [-0.2, 0) is 14.3 Å². The van der Waals surface area contributed by atoms with E-state index < -0.39 is 24.3 Å². The maximum absolute atomic E-state index is 10.8. The zero-order valence-corrected chi connectivity index (χ0v) is 7.73. The standard InChI is InChI=1S/C8H10N2O5/c1-3-5(11)9-7(15-8(13)14)10-6(12)4-2/h3-4,7H,1-2H2,(H,9,11)(H,10,12)(H,13,14). The Labute approximate surface area is 85.4 Å². The average molecular weight is 214 g/mol. The number of hydrogen-bond donors (Lipinski definition) is 3. The molecule has 0 saturated carbocycles. The van der Waals surface area contributed by atoms with Gasteiger partial charge in [-0.1, -0.05) is 13.2 Å². The molecule has 3 N–H and O–H groups in total. The normalized spacial score (nSPS) is 8.87. The molecule has 0 fully saturated rings. The molecule has 0 aliphatic rings. The Morgan fingerprint density at radius 3 is 1.80 bits per heavy atom. The van der Waals surface area contributed by atoms with E-state index in [0.29, 0.717) is 0 Å². The fraction of sp³-hybridized carbons (Fsp3) is 0.125. The molecule has 2 amide bonds. The van der Waals surface area contributed by atoms with Crippen molar-refractivity contribution >= 4 is 18.0 Å². The summed E-state index contributed by atoms with van der Waals surface area (Å²) in [5.41, 5.74) is 0. The number of hydrogen-bond acceptors (Lipinski definition) is 4. The van der Waals surface area contributed by atoms with Gasteiger partial charge >= 0.3 is 6.16 Å².